The Morgan fingerprint density at radius 2 is 2.11 bits per heavy atom. The van der Waals surface area contributed by atoms with Gasteiger partial charge in [-0.3, -0.25) is 4.98 Å². The van der Waals surface area contributed by atoms with Crippen molar-refractivity contribution >= 4 is 44.5 Å². The largest absolute Gasteiger partial charge is 0.389 e. The van der Waals surface area contributed by atoms with Crippen molar-refractivity contribution in [1.29, 1.82) is 0 Å². The van der Waals surface area contributed by atoms with Crippen molar-refractivity contribution in [1.82, 2.24) is 4.98 Å². The van der Waals surface area contributed by atoms with Gasteiger partial charge in [-0.2, -0.15) is 0 Å². The monoisotopic (exact) mass is 321 g/mol. The van der Waals surface area contributed by atoms with Crippen LogP contribution in [0.4, 0.5) is 11.4 Å². The maximum Gasteiger partial charge on any atom is 0.104 e. The zero-order valence-electron chi connectivity index (χ0n) is 9.77. The molecular formula is C13H12BrN3S. The lowest BCUT2D eigenvalue weighted by atomic mass is 10.2. The summed E-state index contributed by atoms with van der Waals surface area (Å²) in [5.41, 5.74) is 9.42. The summed E-state index contributed by atoms with van der Waals surface area (Å²) in [4.78, 5) is 4.53. The van der Waals surface area contributed by atoms with E-state index in [4.69, 9.17) is 18.0 Å². The van der Waals surface area contributed by atoms with Gasteiger partial charge >= 0.3 is 0 Å². The van der Waals surface area contributed by atoms with Crippen LogP contribution in [0.3, 0.4) is 0 Å². The topological polar surface area (TPSA) is 50.9 Å². The summed E-state index contributed by atoms with van der Waals surface area (Å²) in [5, 5.41) is 3.29. The first-order chi connectivity index (χ1) is 8.56. The van der Waals surface area contributed by atoms with Crippen LogP contribution in [0.5, 0.6) is 0 Å². The fourth-order valence-corrected chi connectivity index (χ4v) is 2.15. The van der Waals surface area contributed by atoms with Crippen molar-refractivity contribution in [2.75, 3.05) is 5.32 Å². The van der Waals surface area contributed by atoms with Crippen molar-refractivity contribution in [3.8, 4) is 0 Å². The molecule has 0 fully saturated rings. The van der Waals surface area contributed by atoms with Gasteiger partial charge in [0.1, 0.15) is 4.99 Å². The van der Waals surface area contributed by atoms with Crippen molar-refractivity contribution in [2.45, 2.75) is 6.92 Å². The van der Waals surface area contributed by atoms with E-state index in [1.54, 1.807) is 6.20 Å². The Kier molecular flexibility index (Phi) is 3.93. The molecule has 3 nitrogen and oxygen atoms in total. The number of aromatic nitrogens is 1. The average molecular weight is 322 g/mol. The molecule has 0 aliphatic heterocycles. The summed E-state index contributed by atoms with van der Waals surface area (Å²) in [6.45, 7) is 2.00. The maximum absolute atomic E-state index is 5.59. The normalized spacial score (nSPS) is 10.1. The third-order valence-electron chi connectivity index (χ3n) is 2.41. The molecule has 1 heterocycles. The summed E-state index contributed by atoms with van der Waals surface area (Å²) in [6, 6.07) is 7.74. The van der Waals surface area contributed by atoms with Crippen molar-refractivity contribution in [3.05, 3.63) is 52.3 Å². The molecule has 0 aliphatic rings. The number of rotatable bonds is 3. The number of benzene rings is 1. The summed E-state index contributed by atoms with van der Waals surface area (Å²) in [7, 11) is 0. The van der Waals surface area contributed by atoms with Gasteiger partial charge in [-0.05, 0) is 52.7 Å². The van der Waals surface area contributed by atoms with Gasteiger partial charge in [0.15, 0.2) is 0 Å². The van der Waals surface area contributed by atoms with Crippen LogP contribution in [0.2, 0.25) is 0 Å². The van der Waals surface area contributed by atoms with E-state index in [0.717, 1.165) is 27.0 Å². The van der Waals surface area contributed by atoms with E-state index < -0.39 is 0 Å². The molecule has 3 N–H and O–H groups in total. The van der Waals surface area contributed by atoms with E-state index in [9.17, 15) is 0 Å². The molecule has 1 aromatic carbocycles. The van der Waals surface area contributed by atoms with Crippen molar-refractivity contribution < 1.29 is 0 Å². The van der Waals surface area contributed by atoms with E-state index in [0.29, 0.717) is 4.99 Å². The van der Waals surface area contributed by atoms with Gasteiger partial charge in [-0.1, -0.05) is 12.2 Å². The predicted molar refractivity (Wildman–Crippen MR) is 82.3 cm³/mol. The van der Waals surface area contributed by atoms with Gasteiger partial charge in [0, 0.05) is 16.2 Å². The Bertz CT molecular complexity index is 599. The van der Waals surface area contributed by atoms with Gasteiger partial charge in [-0.15, -0.1) is 0 Å². The summed E-state index contributed by atoms with van der Waals surface area (Å²) in [5.74, 6) is 0. The Morgan fingerprint density at radius 3 is 2.72 bits per heavy atom. The van der Waals surface area contributed by atoms with Gasteiger partial charge in [0.05, 0.1) is 17.6 Å². The van der Waals surface area contributed by atoms with Crippen molar-refractivity contribution in [3.63, 3.8) is 0 Å². The van der Waals surface area contributed by atoms with E-state index in [-0.39, 0.29) is 0 Å². The highest BCUT2D eigenvalue weighted by molar-refractivity contribution is 9.10. The van der Waals surface area contributed by atoms with Crippen LogP contribution in [0, 0.1) is 6.92 Å². The second-order valence-electron chi connectivity index (χ2n) is 3.93. The first kappa shape index (κ1) is 13.0. The third kappa shape index (κ3) is 3.05. The molecule has 5 heteroatoms. The summed E-state index contributed by atoms with van der Waals surface area (Å²) >= 11 is 8.43. The van der Waals surface area contributed by atoms with E-state index in [1.807, 2.05) is 37.4 Å². The van der Waals surface area contributed by atoms with Crippen LogP contribution in [-0.2, 0) is 0 Å². The minimum absolute atomic E-state index is 0.388. The Labute approximate surface area is 120 Å². The molecule has 0 radical (unpaired) electrons. The molecule has 0 saturated heterocycles. The second kappa shape index (κ2) is 5.46. The number of nitrogens with zero attached hydrogens (tertiary/aromatic N) is 1. The molecular weight excluding hydrogens is 310 g/mol. The number of nitrogens with two attached hydrogens (primary N) is 1. The van der Waals surface area contributed by atoms with Gasteiger partial charge < -0.3 is 11.1 Å². The molecule has 2 aromatic rings. The maximum atomic E-state index is 5.59. The number of anilines is 2. The number of pyridine rings is 1. The van der Waals surface area contributed by atoms with E-state index in [1.165, 1.54) is 0 Å². The number of hydrogen-bond donors (Lipinski definition) is 2. The molecule has 0 amide bonds. The zero-order chi connectivity index (χ0) is 13.1. The number of hydrogen-bond acceptors (Lipinski definition) is 3. The highest BCUT2D eigenvalue weighted by Gasteiger charge is 2.04. The average Bonchev–Trinajstić information content (AvgIpc) is 2.31. The first-order valence-corrected chi connectivity index (χ1v) is 6.54. The summed E-state index contributed by atoms with van der Waals surface area (Å²) < 4.78 is 0.911. The molecule has 0 atom stereocenters. The molecule has 18 heavy (non-hydrogen) atoms. The minimum Gasteiger partial charge on any atom is -0.389 e. The second-order valence-corrected chi connectivity index (χ2v) is 5.23. The number of halogens is 1. The quantitative estimate of drug-likeness (QED) is 0.849. The van der Waals surface area contributed by atoms with Gasteiger partial charge in [-0.25, -0.2) is 0 Å². The van der Waals surface area contributed by atoms with Crippen LogP contribution in [0.25, 0.3) is 0 Å². The lowest BCUT2D eigenvalue weighted by Crippen LogP contribution is -2.09. The molecule has 0 spiro atoms. The van der Waals surface area contributed by atoms with Crippen LogP contribution in [0.1, 0.15) is 11.1 Å². The fourth-order valence-electron chi connectivity index (χ4n) is 1.55. The van der Waals surface area contributed by atoms with Crippen LogP contribution in [0.15, 0.2) is 41.1 Å². The molecule has 0 bridgehead atoms. The van der Waals surface area contributed by atoms with Crippen LogP contribution >= 0.6 is 28.1 Å². The molecule has 0 unspecified atom stereocenters. The molecule has 0 saturated carbocycles. The number of nitrogens with one attached hydrogen (secondary N) is 1. The Morgan fingerprint density at radius 1 is 1.33 bits per heavy atom. The molecule has 2 rings (SSSR count). The highest BCUT2D eigenvalue weighted by Crippen LogP contribution is 2.26. The Balaban J connectivity index is 2.27. The minimum atomic E-state index is 0.388. The van der Waals surface area contributed by atoms with Gasteiger partial charge in [0.2, 0.25) is 0 Å². The smallest absolute Gasteiger partial charge is 0.104 e. The summed E-state index contributed by atoms with van der Waals surface area (Å²) in [6.07, 6.45) is 3.59. The SMILES string of the molecule is Cc1cncc(Nc2ccc(C(N)=S)cc2Br)c1. The highest BCUT2D eigenvalue weighted by atomic mass is 79.9. The fraction of sp³-hybridized carbons (Fsp3) is 0.0769. The lowest BCUT2D eigenvalue weighted by Gasteiger charge is -2.10. The Hall–Kier alpha value is -1.46. The van der Waals surface area contributed by atoms with E-state index >= 15 is 0 Å². The molecule has 92 valence electrons. The van der Waals surface area contributed by atoms with Crippen LogP contribution in [-0.4, -0.2) is 9.97 Å². The lowest BCUT2D eigenvalue weighted by molar-refractivity contribution is 1.26. The van der Waals surface area contributed by atoms with E-state index in [2.05, 4.69) is 26.2 Å². The number of aryl methyl sites for hydroxylation is 1. The first-order valence-electron chi connectivity index (χ1n) is 5.34. The molecule has 0 aliphatic carbocycles. The number of thiocarbonyl (C=S) groups is 1. The van der Waals surface area contributed by atoms with Gasteiger partial charge in [0.25, 0.3) is 0 Å². The van der Waals surface area contributed by atoms with Crippen molar-refractivity contribution in [2.24, 2.45) is 5.73 Å². The third-order valence-corrected chi connectivity index (χ3v) is 3.30. The predicted octanol–water partition coefficient (Wildman–Crippen LogP) is 3.53. The molecule has 1 aromatic heterocycles. The standard InChI is InChI=1S/C13H12BrN3S/c1-8-4-10(7-16-6-8)17-12-3-2-9(13(15)18)5-11(12)14/h2-7,17H,1H3,(H2,15,18). The van der Waals surface area contributed by atoms with Crippen LogP contribution < -0.4 is 11.1 Å². The zero-order valence-corrected chi connectivity index (χ0v) is 12.2.